The number of fused-ring (bicyclic) bond motifs is 1. The molecule has 0 saturated carbocycles. The first-order chi connectivity index (χ1) is 14.1. The number of nitrogens with one attached hydrogen (secondary N) is 1. The molecule has 4 rings (SSSR count). The van der Waals surface area contributed by atoms with Crippen molar-refractivity contribution in [3.05, 3.63) is 107 Å². The second kappa shape index (κ2) is 8.31. The number of carbonyl (C=O) groups is 2. The zero-order valence-electron chi connectivity index (χ0n) is 16.4. The molecule has 0 aromatic heterocycles. The van der Waals surface area contributed by atoms with Gasteiger partial charge in [0.15, 0.2) is 0 Å². The lowest BCUT2D eigenvalue weighted by Gasteiger charge is -2.36. The highest BCUT2D eigenvalue weighted by molar-refractivity contribution is 5.88. The molecule has 1 aliphatic heterocycles. The molecule has 0 bridgehead atoms. The lowest BCUT2D eigenvalue weighted by Crippen LogP contribution is -2.52. The molecule has 0 radical (unpaired) electrons. The molecule has 4 heteroatoms. The van der Waals surface area contributed by atoms with Crippen LogP contribution in [0.5, 0.6) is 0 Å². The Morgan fingerprint density at radius 3 is 1.90 bits per heavy atom. The SMILES string of the molecule is CC(=O)N1Cc2ccccc2C[C@H]1C(=O)NC(c1ccccc1)c1ccccc1. The van der Waals surface area contributed by atoms with Crippen LogP contribution in [-0.2, 0) is 22.6 Å². The summed E-state index contributed by atoms with van der Waals surface area (Å²) in [6.45, 7) is 1.99. The Bertz CT molecular complexity index is 962. The molecule has 0 aliphatic carbocycles. The number of amides is 2. The predicted molar refractivity (Wildman–Crippen MR) is 113 cm³/mol. The molecule has 3 aromatic rings. The smallest absolute Gasteiger partial charge is 0.243 e. The molecule has 1 aliphatic rings. The van der Waals surface area contributed by atoms with Crippen molar-refractivity contribution in [2.24, 2.45) is 0 Å². The molecule has 1 heterocycles. The van der Waals surface area contributed by atoms with Gasteiger partial charge in [-0.05, 0) is 22.3 Å². The highest BCUT2D eigenvalue weighted by Gasteiger charge is 2.34. The van der Waals surface area contributed by atoms with Gasteiger partial charge < -0.3 is 10.2 Å². The molecule has 0 spiro atoms. The molecule has 1 atom stereocenters. The van der Waals surface area contributed by atoms with Gasteiger partial charge in [0, 0.05) is 19.9 Å². The molecule has 146 valence electrons. The van der Waals surface area contributed by atoms with Gasteiger partial charge in [-0.15, -0.1) is 0 Å². The second-order valence-corrected chi connectivity index (χ2v) is 7.40. The van der Waals surface area contributed by atoms with Crippen LogP contribution >= 0.6 is 0 Å². The van der Waals surface area contributed by atoms with Crippen LogP contribution in [0.1, 0.15) is 35.2 Å². The van der Waals surface area contributed by atoms with Gasteiger partial charge in [0.25, 0.3) is 0 Å². The monoisotopic (exact) mass is 384 g/mol. The molecule has 1 N–H and O–H groups in total. The van der Waals surface area contributed by atoms with Gasteiger partial charge in [-0.1, -0.05) is 84.9 Å². The molecule has 0 fully saturated rings. The van der Waals surface area contributed by atoms with E-state index in [0.29, 0.717) is 13.0 Å². The summed E-state index contributed by atoms with van der Waals surface area (Å²) in [4.78, 5) is 27.3. The lowest BCUT2D eigenvalue weighted by molar-refractivity contribution is -0.140. The van der Waals surface area contributed by atoms with E-state index in [2.05, 4.69) is 5.32 Å². The highest BCUT2D eigenvalue weighted by Crippen LogP contribution is 2.26. The molecule has 4 nitrogen and oxygen atoms in total. The van der Waals surface area contributed by atoms with Crippen LogP contribution in [0.25, 0.3) is 0 Å². The van der Waals surface area contributed by atoms with E-state index in [1.807, 2.05) is 84.9 Å². The van der Waals surface area contributed by atoms with Crippen molar-refractivity contribution in [3.8, 4) is 0 Å². The van der Waals surface area contributed by atoms with Gasteiger partial charge >= 0.3 is 0 Å². The number of nitrogens with zero attached hydrogens (tertiary/aromatic N) is 1. The average molecular weight is 384 g/mol. The number of benzene rings is 3. The quantitative estimate of drug-likeness (QED) is 0.742. The minimum absolute atomic E-state index is 0.0874. The van der Waals surface area contributed by atoms with E-state index in [4.69, 9.17) is 0 Å². The summed E-state index contributed by atoms with van der Waals surface area (Å²) in [7, 11) is 0. The summed E-state index contributed by atoms with van der Waals surface area (Å²) in [6.07, 6.45) is 0.526. The largest absolute Gasteiger partial charge is 0.343 e. The lowest BCUT2D eigenvalue weighted by atomic mass is 9.92. The molecular weight excluding hydrogens is 360 g/mol. The van der Waals surface area contributed by atoms with Crippen molar-refractivity contribution in [3.63, 3.8) is 0 Å². The Balaban J connectivity index is 1.64. The first-order valence-electron chi connectivity index (χ1n) is 9.88. The first kappa shape index (κ1) is 18.9. The number of rotatable bonds is 4. The molecule has 2 amide bonds. The maximum absolute atomic E-state index is 13.4. The summed E-state index contributed by atoms with van der Waals surface area (Å²) >= 11 is 0. The molecular formula is C25H24N2O2. The predicted octanol–water partition coefficient (Wildman–Crippen LogP) is 3.87. The Hall–Kier alpha value is -3.40. The van der Waals surface area contributed by atoms with Crippen molar-refractivity contribution in [1.29, 1.82) is 0 Å². The van der Waals surface area contributed by atoms with Gasteiger partial charge in [0.1, 0.15) is 6.04 Å². The van der Waals surface area contributed by atoms with Gasteiger partial charge in [0.05, 0.1) is 6.04 Å². The van der Waals surface area contributed by atoms with Gasteiger partial charge in [0.2, 0.25) is 11.8 Å². The molecule has 29 heavy (non-hydrogen) atoms. The normalized spacial score (nSPS) is 15.7. The standard InChI is InChI=1S/C25H24N2O2/c1-18(28)27-17-22-15-9-8-14-21(22)16-23(27)25(29)26-24(19-10-4-2-5-11-19)20-12-6-3-7-13-20/h2-15,23-24H,16-17H2,1H3,(H,26,29)/t23-/m0/s1. The van der Waals surface area contributed by atoms with Gasteiger partial charge in [-0.3, -0.25) is 9.59 Å². The third-order valence-corrected chi connectivity index (χ3v) is 5.51. The zero-order valence-corrected chi connectivity index (χ0v) is 16.4. The third-order valence-electron chi connectivity index (χ3n) is 5.51. The topological polar surface area (TPSA) is 49.4 Å². The van der Waals surface area contributed by atoms with E-state index in [1.54, 1.807) is 4.90 Å². The fourth-order valence-electron chi connectivity index (χ4n) is 3.98. The van der Waals surface area contributed by atoms with Crippen molar-refractivity contribution >= 4 is 11.8 Å². The fraction of sp³-hybridized carbons (Fsp3) is 0.200. The number of hydrogen-bond acceptors (Lipinski definition) is 2. The van der Waals surface area contributed by atoms with Crippen molar-refractivity contribution < 1.29 is 9.59 Å². The van der Waals surface area contributed by atoms with Crippen LogP contribution in [-0.4, -0.2) is 22.8 Å². The van der Waals surface area contributed by atoms with Gasteiger partial charge in [-0.25, -0.2) is 0 Å². The van der Waals surface area contributed by atoms with Crippen LogP contribution in [0.3, 0.4) is 0 Å². The summed E-state index contributed by atoms with van der Waals surface area (Å²) in [6, 6.07) is 27.1. The van der Waals surface area contributed by atoms with Crippen LogP contribution < -0.4 is 5.32 Å². The molecule has 0 unspecified atom stereocenters. The van der Waals surface area contributed by atoms with E-state index >= 15 is 0 Å². The van der Waals surface area contributed by atoms with E-state index in [1.165, 1.54) is 6.92 Å². The fourth-order valence-corrected chi connectivity index (χ4v) is 3.98. The Kier molecular flexibility index (Phi) is 5.43. The number of hydrogen-bond donors (Lipinski definition) is 1. The van der Waals surface area contributed by atoms with Crippen LogP contribution in [0, 0.1) is 0 Å². The maximum Gasteiger partial charge on any atom is 0.243 e. The summed E-state index contributed by atoms with van der Waals surface area (Å²) in [5.74, 6) is -0.219. The van der Waals surface area contributed by atoms with Crippen LogP contribution in [0.2, 0.25) is 0 Å². The van der Waals surface area contributed by atoms with Crippen LogP contribution in [0.15, 0.2) is 84.9 Å². The Morgan fingerprint density at radius 1 is 0.828 bits per heavy atom. The zero-order chi connectivity index (χ0) is 20.2. The van der Waals surface area contributed by atoms with Crippen molar-refractivity contribution in [1.82, 2.24) is 10.2 Å². The summed E-state index contributed by atoms with van der Waals surface area (Å²) < 4.78 is 0. The van der Waals surface area contributed by atoms with E-state index < -0.39 is 6.04 Å². The van der Waals surface area contributed by atoms with Gasteiger partial charge in [-0.2, -0.15) is 0 Å². The third kappa shape index (κ3) is 4.06. The average Bonchev–Trinajstić information content (AvgIpc) is 2.77. The minimum Gasteiger partial charge on any atom is -0.343 e. The first-order valence-corrected chi connectivity index (χ1v) is 9.88. The Morgan fingerprint density at radius 2 is 1.34 bits per heavy atom. The van der Waals surface area contributed by atoms with Crippen molar-refractivity contribution in [2.45, 2.75) is 32.0 Å². The van der Waals surface area contributed by atoms with E-state index in [0.717, 1.165) is 22.3 Å². The maximum atomic E-state index is 13.4. The van der Waals surface area contributed by atoms with Crippen molar-refractivity contribution in [2.75, 3.05) is 0 Å². The minimum atomic E-state index is -0.516. The molecule has 3 aromatic carbocycles. The second-order valence-electron chi connectivity index (χ2n) is 7.40. The highest BCUT2D eigenvalue weighted by atomic mass is 16.2. The Labute approximate surface area is 171 Å². The van der Waals surface area contributed by atoms with E-state index in [9.17, 15) is 9.59 Å². The molecule has 0 saturated heterocycles. The van der Waals surface area contributed by atoms with E-state index in [-0.39, 0.29) is 17.9 Å². The summed E-state index contributed by atoms with van der Waals surface area (Å²) in [5, 5.41) is 3.20. The number of carbonyl (C=O) groups excluding carboxylic acids is 2. The van der Waals surface area contributed by atoms with Crippen LogP contribution in [0.4, 0.5) is 0 Å². The summed E-state index contributed by atoms with van der Waals surface area (Å²) in [5.41, 5.74) is 4.26.